The highest BCUT2D eigenvalue weighted by Gasteiger charge is 2.31. The number of carbonyl (C=O) groups excluding carboxylic acids is 2. The van der Waals surface area contributed by atoms with Crippen LogP contribution in [-0.4, -0.2) is 58.1 Å². The molecule has 0 aliphatic carbocycles. The lowest BCUT2D eigenvalue weighted by Crippen LogP contribution is -2.51. The van der Waals surface area contributed by atoms with Crippen LogP contribution in [0.25, 0.3) is 0 Å². The van der Waals surface area contributed by atoms with Gasteiger partial charge < -0.3 is 15.0 Å². The van der Waals surface area contributed by atoms with Crippen LogP contribution in [0.1, 0.15) is 31.4 Å². The van der Waals surface area contributed by atoms with Gasteiger partial charge in [-0.2, -0.15) is 0 Å². The first-order chi connectivity index (χ1) is 15.7. The maximum atomic E-state index is 13.6. The summed E-state index contributed by atoms with van der Waals surface area (Å²) in [4.78, 5) is 27.6. The third-order valence-corrected chi connectivity index (χ3v) is 6.57. The average molecular weight is 476 g/mol. The van der Waals surface area contributed by atoms with Gasteiger partial charge in [-0.3, -0.25) is 13.9 Å². The van der Waals surface area contributed by atoms with Gasteiger partial charge in [0, 0.05) is 13.6 Å². The van der Waals surface area contributed by atoms with Crippen molar-refractivity contribution in [1.29, 1.82) is 0 Å². The third-order valence-electron chi connectivity index (χ3n) is 5.44. The molecule has 9 heteroatoms. The normalized spacial score (nSPS) is 12.0. The molecular formula is C24H33N3O5S. The van der Waals surface area contributed by atoms with E-state index in [2.05, 4.69) is 5.32 Å². The van der Waals surface area contributed by atoms with Crippen molar-refractivity contribution in [2.75, 3.05) is 31.3 Å². The number of amides is 2. The van der Waals surface area contributed by atoms with Crippen LogP contribution in [0.5, 0.6) is 5.75 Å². The average Bonchev–Trinajstić information content (AvgIpc) is 2.81. The number of hydrogen-bond acceptors (Lipinski definition) is 5. The molecule has 2 aromatic carbocycles. The van der Waals surface area contributed by atoms with Crippen molar-refractivity contribution in [1.82, 2.24) is 10.2 Å². The highest BCUT2D eigenvalue weighted by Crippen LogP contribution is 2.24. The fraction of sp³-hybridized carbons (Fsp3) is 0.417. The van der Waals surface area contributed by atoms with Crippen molar-refractivity contribution in [3.05, 3.63) is 59.7 Å². The molecule has 0 aromatic heterocycles. The molecule has 33 heavy (non-hydrogen) atoms. The molecule has 180 valence electrons. The van der Waals surface area contributed by atoms with Crippen molar-refractivity contribution in [2.24, 2.45) is 0 Å². The molecule has 0 bridgehead atoms. The Hall–Kier alpha value is -3.07. The summed E-state index contributed by atoms with van der Waals surface area (Å²) in [7, 11) is -0.690. The number of benzene rings is 2. The number of nitrogens with one attached hydrogen (secondary N) is 1. The molecule has 0 aliphatic rings. The second-order valence-corrected chi connectivity index (χ2v) is 9.57. The Balaban J connectivity index is 2.47. The predicted octanol–water partition coefficient (Wildman–Crippen LogP) is 2.58. The Morgan fingerprint density at radius 1 is 1.09 bits per heavy atom. The number of likely N-dealkylation sites (N-methyl/N-ethyl adjacent to an activating group) is 1. The second-order valence-electron chi connectivity index (χ2n) is 7.66. The van der Waals surface area contributed by atoms with Gasteiger partial charge in [0.2, 0.25) is 21.8 Å². The van der Waals surface area contributed by atoms with Gasteiger partial charge in [0.15, 0.2) is 0 Å². The van der Waals surface area contributed by atoms with Gasteiger partial charge in [0.25, 0.3) is 0 Å². The van der Waals surface area contributed by atoms with E-state index in [0.717, 1.165) is 21.7 Å². The maximum Gasteiger partial charge on any atom is 0.244 e. The quantitative estimate of drug-likeness (QED) is 0.539. The molecule has 0 spiro atoms. The number of ether oxygens (including phenoxy) is 1. The zero-order valence-corrected chi connectivity index (χ0v) is 20.7. The van der Waals surface area contributed by atoms with Crippen molar-refractivity contribution in [2.45, 2.75) is 39.3 Å². The molecule has 0 saturated carbocycles. The minimum Gasteiger partial charge on any atom is -0.497 e. The van der Waals surface area contributed by atoms with Gasteiger partial charge in [-0.25, -0.2) is 8.42 Å². The van der Waals surface area contributed by atoms with Crippen LogP contribution in [-0.2, 0) is 32.6 Å². The molecule has 1 N–H and O–H groups in total. The van der Waals surface area contributed by atoms with Crippen LogP contribution in [0.2, 0.25) is 0 Å². The van der Waals surface area contributed by atoms with E-state index in [-0.39, 0.29) is 12.5 Å². The van der Waals surface area contributed by atoms with Crippen molar-refractivity contribution in [3.63, 3.8) is 0 Å². The summed E-state index contributed by atoms with van der Waals surface area (Å²) in [6.07, 6.45) is 2.06. The highest BCUT2D eigenvalue weighted by atomic mass is 32.2. The Morgan fingerprint density at radius 3 is 2.36 bits per heavy atom. The SMILES string of the molecule is CCc1ccccc1N(CC(=O)N(Cc1cccc(OC)c1)[C@H](CC)C(=O)NC)S(C)(=O)=O. The molecule has 1 atom stereocenters. The van der Waals surface area contributed by atoms with Crippen LogP contribution in [0.15, 0.2) is 48.5 Å². The molecular weight excluding hydrogens is 442 g/mol. The van der Waals surface area contributed by atoms with E-state index >= 15 is 0 Å². The van der Waals surface area contributed by atoms with Gasteiger partial charge in [-0.05, 0) is 42.2 Å². The summed E-state index contributed by atoms with van der Waals surface area (Å²) in [5, 5.41) is 2.60. The molecule has 0 saturated heterocycles. The number of hydrogen-bond donors (Lipinski definition) is 1. The number of nitrogens with zero attached hydrogens (tertiary/aromatic N) is 2. The fourth-order valence-corrected chi connectivity index (χ4v) is 4.58. The van der Waals surface area contributed by atoms with Crippen LogP contribution in [0.4, 0.5) is 5.69 Å². The first kappa shape index (κ1) is 26.2. The zero-order chi connectivity index (χ0) is 24.6. The fourth-order valence-electron chi connectivity index (χ4n) is 3.70. The largest absolute Gasteiger partial charge is 0.497 e. The van der Waals surface area contributed by atoms with Gasteiger partial charge >= 0.3 is 0 Å². The minimum atomic E-state index is -3.76. The summed E-state index contributed by atoms with van der Waals surface area (Å²) >= 11 is 0. The molecule has 0 unspecified atom stereocenters. The van der Waals surface area contributed by atoms with Crippen LogP contribution in [0, 0.1) is 0 Å². The van der Waals surface area contributed by atoms with Crippen molar-refractivity contribution < 1.29 is 22.7 Å². The summed E-state index contributed by atoms with van der Waals surface area (Å²) in [5.74, 6) is -0.152. The number of sulfonamides is 1. The van der Waals surface area contributed by atoms with E-state index in [0.29, 0.717) is 24.3 Å². The van der Waals surface area contributed by atoms with Gasteiger partial charge in [-0.15, -0.1) is 0 Å². The van der Waals surface area contributed by atoms with E-state index in [9.17, 15) is 18.0 Å². The minimum absolute atomic E-state index is 0.134. The Morgan fingerprint density at radius 2 is 1.79 bits per heavy atom. The number of para-hydroxylation sites is 1. The lowest BCUT2D eigenvalue weighted by atomic mass is 10.1. The first-order valence-corrected chi connectivity index (χ1v) is 12.7. The lowest BCUT2D eigenvalue weighted by Gasteiger charge is -2.33. The highest BCUT2D eigenvalue weighted by molar-refractivity contribution is 7.92. The van der Waals surface area contributed by atoms with E-state index in [1.54, 1.807) is 37.4 Å². The van der Waals surface area contributed by atoms with Crippen LogP contribution in [0.3, 0.4) is 0 Å². The molecule has 2 amide bonds. The molecule has 2 aromatic rings. The van der Waals surface area contributed by atoms with Gasteiger partial charge in [0.05, 0.1) is 19.1 Å². The van der Waals surface area contributed by atoms with Gasteiger partial charge in [0.1, 0.15) is 18.3 Å². The molecule has 0 heterocycles. The number of anilines is 1. The van der Waals surface area contributed by atoms with Gasteiger partial charge in [-0.1, -0.05) is 44.2 Å². The van der Waals surface area contributed by atoms with E-state index in [1.165, 1.54) is 11.9 Å². The van der Waals surface area contributed by atoms with E-state index in [1.807, 2.05) is 32.0 Å². The standard InChI is InChI=1S/C24H33N3O5S/c1-6-19-12-8-9-14-22(19)27(33(5,30)31)17-23(28)26(21(7-2)24(29)25-3)16-18-11-10-13-20(15-18)32-4/h8-15,21H,6-7,16-17H2,1-5H3,(H,25,29)/t21-/m1/s1. The summed E-state index contributed by atoms with van der Waals surface area (Å²) in [5.41, 5.74) is 2.04. The lowest BCUT2D eigenvalue weighted by molar-refractivity contribution is -0.140. The first-order valence-electron chi connectivity index (χ1n) is 10.9. The number of aryl methyl sites for hydroxylation is 1. The van der Waals surface area contributed by atoms with Crippen molar-refractivity contribution >= 4 is 27.5 Å². The topological polar surface area (TPSA) is 96.0 Å². The maximum absolute atomic E-state index is 13.6. The molecule has 0 radical (unpaired) electrons. The van der Waals surface area contributed by atoms with Crippen molar-refractivity contribution in [3.8, 4) is 5.75 Å². The molecule has 2 rings (SSSR count). The smallest absolute Gasteiger partial charge is 0.244 e. The number of carbonyl (C=O) groups is 2. The molecule has 0 fully saturated rings. The second kappa shape index (κ2) is 11.7. The number of rotatable bonds is 11. The Bertz CT molecular complexity index is 1070. The third kappa shape index (κ3) is 6.71. The summed E-state index contributed by atoms with van der Waals surface area (Å²) in [6.45, 7) is 3.46. The summed E-state index contributed by atoms with van der Waals surface area (Å²) < 4.78 is 31.8. The summed E-state index contributed by atoms with van der Waals surface area (Å²) in [6, 6.07) is 13.6. The number of methoxy groups -OCH3 is 1. The van der Waals surface area contributed by atoms with Crippen LogP contribution >= 0.6 is 0 Å². The van der Waals surface area contributed by atoms with Crippen LogP contribution < -0.4 is 14.4 Å². The monoisotopic (exact) mass is 475 g/mol. The Kier molecular flexibility index (Phi) is 9.28. The van der Waals surface area contributed by atoms with E-state index in [4.69, 9.17) is 4.74 Å². The zero-order valence-electron chi connectivity index (χ0n) is 19.9. The molecule has 8 nitrogen and oxygen atoms in total. The predicted molar refractivity (Wildman–Crippen MR) is 130 cm³/mol. The Labute approximate surface area is 196 Å². The molecule has 0 aliphatic heterocycles. The van der Waals surface area contributed by atoms with E-state index < -0.39 is 28.5 Å².